The topological polar surface area (TPSA) is 29.0 Å². The predicted molar refractivity (Wildman–Crippen MR) is 73.5 cm³/mol. The Balaban J connectivity index is 2.11. The van der Waals surface area contributed by atoms with Crippen LogP contribution in [0.1, 0.15) is 18.2 Å². The molecule has 0 spiro atoms. The number of aromatic nitrogens is 2. The molecule has 1 atom stereocenters. The normalized spacial score (nSPS) is 17.9. The van der Waals surface area contributed by atoms with Crippen molar-refractivity contribution in [3.05, 3.63) is 46.9 Å². The third kappa shape index (κ3) is 1.85. The van der Waals surface area contributed by atoms with Crippen LogP contribution in [0.4, 0.5) is 11.5 Å². The van der Waals surface area contributed by atoms with E-state index in [9.17, 15) is 0 Å². The Kier molecular flexibility index (Phi) is 2.71. The molecule has 18 heavy (non-hydrogen) atoms. The molecule has 1 aliphatic heterocycles. The van der Waals surface area contributed by atoms with Crippen LogP contribution in [0, 0.1) is 6.92 Å². The van der Waals surface area contributed by atoms with Crippen LogP contribution in [0.2, 0.25) is 5.28 Å². The van der Waals surface area contributed by atoms with E-state index in [4.69, 9.17) is 11.6 Å². The highest BCUT2D eigenvalue weighted by Gasteiger charge is 2.27. The molecule has 1 aromatic carbocycles. The standard InChI is InChI=1S/C14H14ClN3/c1-9-7-13(17-14(15)16-9)18-10(2)8-11-5-3-4-6-12(11)18/h3-7,10H,8H2,1-2H3. The third-order valence-corrected chi connectivity index (χ3v) is 3.44. The Bertz CT molecular complexity index is 577. The van der Waals surface area contributed by atoms with E-state index in [0.29, 0.717) is 11.3 Å². The first kappa shape index (κ1) is 11.5. The van der Waals surface area contributed by atoms with Gasteiger partial charge in [-0.05, 0) is 43.5 Å². The summed E-state index contributed by atoms with van der Waals surface area (Å²) in [4.78, 5) is 10.7. The molecule has 0 N–H and O–H groups in total. The van der Waals surface area contributed by atoms with Crippen molar-refractivity contribution in [3.63, 3.8) is 0 Å². The lowest BCUT2D eigenvalue weighted by Gasteiger charge is -2.24. The van der Waals surface area contributed by atoms with E-state index in [1.807, 2.05) is 13.0 Å². The van der Waals surface area contributed by atoms with Gasteiger partial charge in [-0.1, -0.05) is 18.2 Å². The summed E-state index contributed by atoms with van der Waals surface area (Å²) in [6.07, 6.45) is 1.04. The molecule has 92 valence electrons. The zero-order valence-electron chi connectivity index (χ0n) is 10.4. The summed E-state index contributed by atoms with van der Waals surface area (Å²) in [6.45, 7) is 4.13. The Morgan fingerprint density at radius 1 is 1.28 bits per heavy atom. The molecule has 1 aromatic heterocycles. The fraction of sp³-hybridized carbons (Fsp3) is 0.286. The van der Waals surface area contributed by atoms with E-state index in [1.54, 1.807) is 0 Å². The number of hydrogen-bond acceptors (Lipinski definition) is 3. The molecule has 1 unspecified atom stereocenters. The zero-order chi connectivity index (χ0) is 12.7. The summed E-state index contributed by atoms with van der Waals surface area (Å²) in [6, 6.07) is 10.8. The van der Waals surface area contributed by atoms with Crippen molar-refractivity contribution in [1.82, 2.24) is 9.97 Å². The maximum atomic E-state index is 5.95. The van der Waals surface area contributed by atoms with Crippen LogP contribution in [0.25, 0.3) is 0 Å². The third-order valence-electron chi connectivity index (χ3n) is 3.27. The van der Waals surface area contributed by atoms with Gasteiger partial charge in [-0.3, -0.25) is 0 Å². The van der Waals surface area contributed by atoms with Crippen molar-refractivity contribution >= 4 is 23.1 Å². The number of benzene rings is 1. The fourth-order valence-electron chi connectivity index (χ4n) is 2.55. The first-order chi connectivity index (χ1) is 8.65. The first-order valence-corrected chi connectivity index (χ1v) is 6.41. The van der Waals surface area contributed by atoms with E-state index in [-0.39, 0.29) is 0 Å². The van der Waals surface area contributed by atoms with Gasteiger partial charge in [0.2, 0.25) is 5.28 Å². The second kappa shape index (κ2) is 4.25. The Morgan fingerprint density at radius 3 is 2.83 bits per heavy atom. The fourth-order valence-corrected chi connectivity index (χ4v) is 2.77. The minimum atomic E-state index is 0.307. The Morgan fingerprint density at radius 2 is 2.06 bits per heavy atom. The van der Waals surface area contributed by atoms with Crippen molar-refractivity contribution in [2.45, 2.75) is 26.3 Å². The van der Waals surface area contributed by atoms with Crippen molar-refractivity contribution in [2.24, 2.45) is 0 Å². The average Bonchev–Trinajstić information content (AvgIpc) is 2.63. The van der Waals surface area contributed by atoms with Gasteiger partial charge in [0.15, 0.2) is 0 Å². The minimum absolute atomic E-state index is 0.307. The summed E-state index contributed by atoms with van der Waals surface area (Å²) in [7, 11) is 0. The molecule has 0 radical (unpaired) electrons. The van der Waals surface area contributed by atoms with Crippen molar-refractivity contribution in [1.29, 1.82) is 0 Å². The summed E-state index contributed by atoms with van der Waals surface area (Å²) in [5, 5.41) is 0.307. The number of rotatable bonds is 1. The molecule has 0 amide bonds. The van der Waals surface area contributed by atoms with Gasteiger partial charge in [0.1, 0.15) is 5.82 Å². The summed E-state index contributed by atoms with van der Waals surface area (Å²) in [5.41, 5.74) is 3.47. The largest absolute Gasteiger partial charge is 0.323 e. The van der Waals surface area contributed by atoms with Crippen LogP contribution in [-0.2, 0) is 6.42 Å². The maximum Gasteiger partial charge on any atom is 0.224 e. The van der Waals surface area contributed by atoms with Gasteiger partial charge >= 0.3 is 0 Å². The smallest absolute Gasteiger partial charge is 0.224 e. The molecule has 3 nitrogen and oxygen atoms in total. The SMILES string of the molecule is Cc1cc(N2c3ccccc3CC2C)nc(Cl)n1. The summed E-state index contributed by atoms with van der Waals surface area (Å²) in [5.74, 6) is 0.880. The molecule has 0 saturated carbocycles. The lowest BCUT2D eigenvalue weighted by atomic mass is 10.1. The number of nitrogens with zero attached hydrogens (tertiary/aromatic N) is 3. The number of fused-ring (bicyclic) bond motifs is 1. The van der Waals surface area contributed by atoms with E-state index in [0.717, 1.165) is 17.9 Å². The van der Waals surface area contributed by atoms with Gasteiger partial charge in [0.05, 0.1) is 0 Å². The lowest BCUT2D eigenvalue weighted by molar-refractivity contribution is 0.748. The summed E-state index contributed by atoms with van der Waals surface area (Å²) < 4.78 is 0. The Hall–Kier alpha value is -1.61. The minimum Gasteiger partial charge on any atom is -0.323 e. The van der Waals surface area contributed by atoms with Gasteiger partial charge in [0.25, 0.3) is 0 Å². The first-order valence-electron chi connectivity index (χ1n) is 6.03. The van der Waals surface area contributed by atoms with Gasteiger partial charge in [0, 0.05) is 23.5 Å². The molecule has 4 heteroatoms. The maximum absolute atomic E-state index is 5.95. The van der Waals surface area contributed by atoms with Gasteiger partial charge in [-0.25, -0.2) is 9.97 Å². The van der Waals surface area contributed by atoms with Crippen molar-refractivity contribution < 1.29 is 0 Å². The molecule has 0 fully saturated rings. The van der Waals surface area contributed by atoms with Crippen molar-refractivity contribution in [3.8, 4) is 0 Å². The average molecular weight is 260 g/mol. The quantitative estimate of drug-likeness (QED) is 0.734. The zero-order valence-corrected chi connectivity index (χ0v) is 11.1. The molecule has 0 saturated heterocycles. The van der Waals surface area contributed by atoms with Crippen LogP contribution in [0.15, 0.2) is 30.3 Å². The van der Waals surface area contributed by atoms with E-state index >= 15 is 0 Å². The highest BCUT2D eigenvalue weighted by atomic mass is 35.5. The molecule has 0 aliphatic carbocycles. The van der Waals surface area contributed by atoms with Crippen molar-refractivity contribution in [2.75, 3.05) is 4.90 Å². The van der Waals surface area contributed by atoms with Crippen LogP contribution in [-0.4, -0.2) is 16.0 Å². The molecular formula is C14H14ClN3. The van der Waals surface area contributed by atoms with Crippen LogP contribution >= 0.6 is 11.6 Å². The van der Waals surface area contributed by atoms with Crippen LogP contribution in [0.3, 0.4) is 0 Å². The Labute approximate surface area is 111 Å². The van der Waals surface area contributed by atoms with Gasteiger partial charge in [-0.15, -0.1) is 0 Å². The number of halogens is 1. The highest BCUT2D eigenvalue weighted by molar-refractivity contribution is 6.28. The number of para-hydroxylation sites is 1. The highest BCUT2D eigenvalue weighted by Crippen LogP contribution is 2.37. The van der Waals surface area contributed by atoms with Gasteiger partial charge < -0.3 is 4.90 Å². The number of aryl methyl sites for hydroxylation is 1. The number of hydrogen-bond donors (Lipinski definition) is 0. The second-order valence-electron chi connectivity index (χ2n) is 4.69. The van der Waals surface area contributed by atoms with E-state index in [2.05, 4.69) is 46.1 Å². The number of anilines is 2. The molecular weight excluding hydrogens is 246 g/mol. The van der Waals surface area contributed by atoms with Crippen LogP contribution < -0.4 is 4.90 Å². The van der Waals surface area contributed by atoms with Crippen LogP contribution in [0.5, 0.6) is 0 Å². The lowest BCUT2D eigenvalue weighted by Crippen LogP contribution is -2.25. The molecule has 0 bridgehead atoms. The molecule has 3 rings (SSSR count). The van der Waals surface area contributed by atoms with Gasteiger partial charge in [-0.2, -0.15) is 0 Å². The predicted octanol–water partition coefficient (Wildman–Crippen LogP) is 3.52. The molecule has 2 aromatic rings. The van der Waals surface area contributed by atoms with E-state index < -0.39 is 0 Å². The monoisotopic (exact) mass is 259 g/mol. The molecule has 2 heterocycles. The summed E-state index contributed by atoms with van der Waals surface area (Å²) >= 11 is 5.95. The second-order valence-corrected chi connectivity index (χ2v) is 5.03. The van der Waals surface area contributed by atoms with E-state index in [1.165, 1.54) is 11.3 Å². The molecule has 1 aliphatic rings.